The maximum absolute atomic E-state index is 12.6. The number of para-hydroxylation sites is 2. The number of benzene rings is 2. The molecule has 4 nitrogen and oxygen atoms in total. The molecule has 0 saturated heterocycles. The van der Waals surface area contributed by atoms with Crippen LogP contribution in [0.3, 0.4) is 0 Å². The summed E-state index contributed by atoms with van der Waals surface area (Å²) >= 11 is 12.2. The normalized spacial score (nSPS) is 15.3. The third kappa shape index (κ3) is 5.24. The number of anilines is 2. The molecule has 2 amide bonds. The lowest BCUT2D eigenvalue weighted by Gasteiger charge is -2.28. The number of rotatable bonds is 6. The molecule has 1 aliphatic rings. The third-order valence-electron chi connectivity index (χ3n) is 5.03. The smallest absolute Gasteiger partial charge is 0.224 e. The van der Waals surface area contributed by atoms with Crippen molar-refractivity contribution in [1.29, 1.82) is 0 Å². The summed E-state index contributed by atoms with van der Waals surface area (Å²) in [5.74, 6) is -0.230. The Balaban J connectivity index is 1.65. The Hall–Kier alpha value is -2.04. The fourth-order valence-corrected chi connectivity index (χ4v) is 4.10. The molecule has 0 aliphatic heterocycles. The van der Waals surface area contributed by atoms with Crippen LogP contribution in [0.25, 0.3) is 0 Å². The van der Waals surface area contributed by atoms with Gasteiger partial charge in [-0.3, -0.25) is 9.59 Å². The Bertz CT molecular complexity index is 769. The highest BCUT2D eigenvalue weighted by Crippen LogP contribution is 2.44. The molecule has 2 N–H and O–H groups in total. The van der Waals surface area contributed by atoms with E-state index in [0.717, 1.165) is 25.7 Å². The largest absolute Gasteiger partial charge is 0.325 e. The van der Waals surface area contributed by atoms with Gasteiger partial charge in [-0.2, -0.15) is 0 Å². The van der Waals surface area contributed by atoms with E-state index in [1.165, 1.54) is 0 Å². The molecular weight excluding hydrogens is 383 g/mol. The van der Waals surface area contributed by atoms with Crippen molar-refractivity contribution in [3.8, 4) is 0 Å². The molecule has 2 aromatic rings. The summed E-state index contributed by atoms with van der Waals surface area (Å²) in [5, 5.41) is 6.75. The second-order valence-corrected chi connectivity index (χ2v) is 7.93. The summed E-state index contributed by atoms with van der Waals surface area (Å²) in [4.78, 5) is 25.2. The summed E-state index contributed by atoms with van der Waals surface area (Å²) in [6.07, 6.45) is 4.37. The van der Waals surface area contributed by atoms with E-state index in [-0.39, 0.29) is 17.2 Å². The lowest BCUT2D eigenvalue weighted by atomic mass is 9.79. The lowest BCUT2D eigenvalue weighted by molar-refractivity contribution is -0.121. The van der Waals surface area contributed by atoms with Crippen molar-refractivity contribution < 1.29 is 9.59 Å². The van der Waals surface area contributed by atoms with E-state index in [1.54, 1.807) is 24.3 Å². The van der Waals surface area contributed by atoms with Gasteiger partial charge in [-0.25, -0.2) is 0 Å². The van der Waals surface area contributed by atoms with Gasteiger partial charge in [0.25, 0.3) is 0 Å². The van der Waals surface area contributed by atoms with Crippen molar-refractivity contribution in [3.05, 3.63) is 58.6 Å². The summed E-state index contributed by atoms with van der Waals surface area (Å²) < 4.78 is 0. The predicted molar refractivity (Wildman–Crippen MR) is 110 cm³/mol. The van der Waals surface area contributed by atoms with Crippen molar-refractivity contribution in [3.63, 3.8) is 0 Å². The highest BCUT2D eigenvalue weighted by molar-refractivity contribution is 6.34. The van der Waals surface area contributed by atoms with Gasteiger partial charge in [0, 0.05) is 12.8 Å². The second-order valence-electron chi connectivity index (χ2n) is 7.12. The van der Waals surface area contributed by atoms with Gasteiger partial charge in [-0.05, 0) is 42.5 Å². The molecule has 0 atom stereocenters. The summed E-state index contributed by atoms with van der Waals surface area (Å²) in [6.45, 7) is 0. The first kappa shape index (κ1) is 19.7. The summed E-state index contributed by atoms with van der Waals surface area (Å²) in [7, 11) is 0. The Labute approximate surface area is 169 Å². The summed E-state index contributed by atoms with van der Waals surface area (Å²) in [5.41, 5.74) is 0.868. The number of carbonyl (C=O) groups is 2. The zero-order chi connectivity index (χ0) is 19.3. The molecule has 142 valence electrons. The average molecular weight is 405 g/mol. The molecule has 3 rings (SSSR count). The third-order valence-corrected chi connectivity index (χ3v) is 5.69. The number of hydrogen-bond acceptors (Lipinski definition) is 2. The van der Waals surface area contributed by atoms with Crippen LogP contribution in [0.4, 0.5) is 11.4 Å². The highest BCUT2D eigenvalue weighted by Gasteiger charge is 2.38. The van der Waals surface area contributed by atoms with Crippen LogP contribution in [-0.2, 0) is 9.59 Å². The topological polar surface area (TPSA) is 58.2 Å². The fraction of sp³-hybridized carbons (Fsp3) is 0.333. The SMILES string of the molecule is O=C(CC1(CC(=O)Nc2ccccc2Cl)CCCC1)Nc1ccccc1Cl. The minimum Gasteiger partial charge on any atom is -0.325 e. The van der Waals surface area contributed by atoms with E-state index in [4.69, 9.17) is 23.2 Å². The molecule has 2 aromatic carbocycles. The van der Waals surface area contributed by atoms with Gasteiger partial charge in [0.15, 0.2) is 0 Å². The first-order chi connectivity index (χ1) is 13.0. The van der Waals surface area contributed by atoms with Crippen molar-refractivity contribution >= 4 is 46.4 Å². The second kappa shape index (κ2) is 8.77. The van der Waals surface area contributed by atoms with Crippen LogP contribution < -0.4 is 10.6 Å². The number of halogens is 2. The zero-order valence-corrected chi connectivity index (χ0v) is 16.4. The standard InChI is InChI=1S/C21H22Cl2N2O2/c22-15-7-1-3-9-17(15)24-19(26)13-21(11-5-6-12-21)14-20(27)25-18-10-4-2-8-16(18)23/h1-4,7-10H,5-6,11-14H2,(H,24,26)(H,25,27). The van der Waals surface area contributed by atoms with Crippen molar-refractivity contribution in [2.45, 2.75) is 38.5 Å². The Morgan fingerprint density at radius 1 is 0.778 bits per heavy atom. The molecular formula is C21H22Cl2N2O2. The maximum Gasteiger partial charge on any atom is 0.224 e. The van der Waals surface area contributed by atoms with E-state index in [0.29, 0.717) is 34.3 Å². The quantitative estimate of drug-likeness (QED) is 0.628. The van der Waals surface area contributed by atoms with Crippen molar-refractivity contribution in [2.75, 3.05) is 10.6 Å². The number of hydrogen-bond donors (Lipinski definition) is 2. The minimum atomic E-state index is -0.323. The van der Waals surface area contributed by atoms with Crippen LogP contribution in [0.5, 0.6) is 0 Å². The van der Waals surface area contributed by atoms with Gasteiger partial charge >= 0.3 is 0 Å². The molecule has 1 fully saturated rings. The number of carbonyl (C=O) groups excluding carboxylic acids is 2. The first-order valence-electron chi connectivity index (χ1n) is 9.06. The minimum absolute atomic E-state index is 0.115. The average Bonchev–Trinajstić information content (AvgIpc) is 3.06. The van der Waals surface area contributed by atoms with Crippen LogP contribution >= 0.6 is 23.2 Å². The molecule has 0 unspecified atom stereocenters. The lowest BCUT2D eigenvalue weighted by Crippen LogP contribution is -2.30. The summed E-state index contributed by atoms with van der Waals surface area (Å²) in [6, 6.07) is 14.3. The van der Waals surface area contributed by atoms with Crippen LogP contribution in [0.2, 0.25) is 10.0 Å². The van der Waals surface area contributed by atoms with Gasteiger partial charge in [-0.15, -0.1) is 0 Å². The fourth-order valence-electron chi connectivity index (χ4n) is 3.74. The van der Waals surface area contributed by atoms with Gasteiger partial charge in [0.1, 0.15) is 0 Å². The number of amides is 2. The molecule has 0 spiro atoms. The molecule has 6 heteroatoms. The predicted octanol–water partition coefficient (Wildman–Crippen LogP) is 5.91. The van der Waals surface area contributed by atoms with Crippen LogP contribution in [0, 0.1) is 5.41 Å². The molecule has 1 saturated carbocycles. The van der Waals surface area contributed by atoms with Crippen molar-refractivity contribution in [2.24, 2.45) is 5.41 Å². The van der Waals surface area contributed by atoms with Gasteiger partial charge in [0.2, 0.25) is 11.8 Å². The monoisotopic (exact) mass is 404 g/mol. The Kier molecular flexibility index (Phi) is 6.40. The van der Waals surface area contributed by atoms with E-state index >= 15 is 0 Å². The van der Waals surface area contributed by atoms with Gasteiger partial charge in [-0.1, -0.05) is 60.3 Å². The van der Waals surface area contributed by atoms with Crippen LogP contribution in [-0.4, -0.2) is 11.8 Å². The van der Waals surface area contributed by atoms with Gasteiger partial charge in [0.05, 0.1) is 21.4 Å². The highest BCUT2D eigenvalue weighted by atomic mass is 35.5. The van der Waals surface area contributed by atoms with Crippen molar-refractivity contribution in [1.82, 2.24) is 0 Å². The Morgan fingerprint density at radius 2 is 1.19 bits per heavy atom. The van der Waals surface area contributed by atoms with E-state index < -0.39 is 0 Å². The molecule has 0 radical (unpaired) electrons. The van der Waals surface area contributed by atoms with E-state index in [2.05, 4.69) is 10.6 Å². The molecule has 0 heterocycles. The van der Waals surface area contributed by atoms with Crippen LogP contribution in [0.1, 0.15) is 38.5 Å². The molecule has 0 bridgehead atoms. The zero-order valence-electron chi connectivity index (χ0n) is 14.9. The van der Waals surface area contributed by atoms with E-state index in [9.17, 15) is 9.59 Å². The molecule has 27 heavy (non-hydrogen) atoms. The van der Waals surface area contributed by atoms with E-state index in [1.807, 2.05) is 24.3 Å². The van der Waals surface area contributed by atoms with Crippen LogP contribution in [0.15, 0.2) is 48.5 Å². The first-order valence-corrected chi connectivity index (χ1v) is 9.82. The maximum atomic E-state index is 12.6. The molecule has 1 aliphatic carbocycles. The Morgan fingerprint density at radius 3 is 1.59 bits per heavy atom. The van der Waals surface area contributed by atoms with Gasteiger partial charge < -0.3 is 10.6 Å². The number of nitrogens with one attached hydrogen (secondary N) is 2. The molecule has 0 aromatic heterocycles.